The number of methoxy groups -OCH3 is 1. The van der Waals surface area contributed by atoms with Crippen molar-refractivity contribution in [3.63, 3.8) is 0 Å². The summed E-state index contributed by atoms with van der Waals surface area (Å²) in [4.78, 5) is 25.9. The SMILES string of the molecule is COc1cccc2c1n(CCN1CCOCC1)c(=O)n2C=O. The van der Waals surface area contributed by atoms with E-state index in [1.54, 1.807) is 29.9 Å². The molecule has 22 heavy (non-hydrogen) atoms. The number of ether oxygens (including phenoxy) is 2. The molecule has 2 aromatic rings. The zero-order valence-corrected chi connectivity index (χ0v) is 12.5. The molecule has 1 aliphatic rings. The molecule has 0 unspecified atom stereocenters. The van der Waals surface area contributed by atoms with Crippen LogP contribution in [0.1, 0.15) is 0 Å². The number of fused-ring (bicyclic) bond motifs is 1. The van der Waals surface area contributed by atoms with Crippen molar-refractivity contribution in [1.29, 1.82) is 0 Å². The topological polar surface area (TPSA) is 65.7 Å². The van der Waals surface area contributed by atoms with Gasteiger partial charge in [-0.2, -0.15) is 0 Å². The molecule has 3 rings (SSSR count). The van der Waals surface area contributed by atoms with E-state index in [0.717, 1.165) is 24.2 Å². The zero-order valence-electron chi connectivity index (χ0n) is 12.5. The second-order valence-electron chi connectivity index (χ2n) is 5.19. The molecule has 7 heteroatoms. The number of imidazole rings is 1. The van der Waals surface area contributed by atoms with Gasteiger partial charge in [0.2, 0.25) is 6.41 Å². The molecular formula is C15H19N3O4. The third-order valence-electron chi connectivity index (χ3n) is 4.01. The van der Waals surface area contributed by atoms with E-state index in [9.17, 15) is 9.59 Å². The number of hydrogen-bond donors (Lipinski definition) is 0. The highest BCUT2D eigenvalue weighted by Gasteiger charge is 2.18. The molecule has 0 saturated carbocycles. The minimum absolute atomic E-state index is 0.331. The van der Waals surface area contributed by atoms with Crippen molar-refractivity contribution in [2.24, 2.45) is 0 Å². The summed E-state index contributed by atoms with van der Waals surface area (Å²) in [5.74, 6) is 0.595. The molecule has 0 amide bonds. The van der Waals surface area contributed by atoms with Gasteiger partial charge < -0.3 is 9.47 Å². The predicted molar refractivity (Wildman–Crippen MR) is 82.2 cm³/mol. The minimum Gasteiger partial charge on any atom is -0.494 e. The highest BCUT2D eigenvalue weighted by molar-refractivity contribution is 5.87. The molecule has 0 bridgehead atoms. The van der Waals surface area contributed by atoms with E-state index in [1.165, 1.54) is 0 Å². The fraction of sp³-hybridized carbons (Fsp3) is 0.467. The Morgan fingerprint density at radius 2 is 2.05 bits per heavy atom. The summed E-state index contributed by atoms with van der Waals surface area (Å²) in [6.45, 7) is 4.40. The van der Waals surface area contributed by atoms with Gasteiger partial charge in [-0.3, -0.25) is 14.3 Å². The molecule has 1 aromatic carbocycles. The van der Waals surface area contributed by atoms with Crippen molar-refractivity contribution in [3.8, 4) is 5.75 Å². The Balaban J connectivity index is 1.98. The Kier molecular flexibility index (Phi) is 4.26. The van der Waals surface area contributed by atoms with Crippen molar-refractivity contribution in [2.75, 3.05) is 40.0 Å². The van der Waals surface area contributed by atoms with Crippen LogP contribution in [0.15, 0.2) is 23.0 Å². The Bertz CT molecular complexity index is 728. The smallest absolute Gasteiger partial charge is 0.335 e. The van der Waals surface area contributed by atoms with Crippen molar-refractivity contribution in [3.05, 3.63) is 28.7 Å². The second kappa shape index (κ2) is 6.33. The van der Waals surface area contributed by atoms with E-state index in [1.807, 2.05) is 0 Å². The highest BCUT2D eigenvalue weighted by Crippen LogP contribution is 2.24. The summed E-state index contributed by atoms with van der Waals surface area (Å²) >= 11 is 0. The molecule has 0 radical (unpaired) electrons. The molecule has 1 fully saturated rings. The lowest BCUT2D eigenvalue weighted by Crippen LogP contribution is -2.39. The van der Waals surface area contributed by atoms with Gasteiger partial charge >= 0.3 is 5.69 Å². The zero-order chi connectivity index (χ0) is 15.5. The van der Waals surface area contributed by atoms with Crippen LogP contribution >= 0.6 is 0 Å². The summed E-state index contributed by atoms with van der Waals surface area (Å²) in [7, 11) is 1.56. The number of carbonyl (C=O) groups excluding carboxylic acids is 1. The summed E-state index contributed by atoms with van der Waals surface area (Å²) in [6, 6.07) is 5.31. The van der Waals surface area contributed by atoms with Crippen LogP contribution in [0.4, 0.5) is 0 Å². The van der Waals surface area contributed by atoms with Crippen LogP contribution in [0.5, 0.6) is 5.75 Å². The van der Waals surface area contributed by atoms with Crippen LogP contribution in [0.2, 0.25) is 0 Å². The third-order valence-corrected chi connectivity index (χ3v) is 4.01. The molecule has 1 aromatic heterocycles. The summed E-state index contributed by atoms with van der Waals surface area (Å²) in [6.07, 6.45) is 0.551. The second-order valence-corrected chi connectivity index (χ2v) is 5.19. The summed E-state index contributed by atoms with van der Waals surface area (Å²) in [5, 5.41) is 0. The van der Waals surface area contributed by atoms with Crippen LogP contribution < -0.4 is 10.4 Å². The normalized spacial score (nSPS) is 16.0. The van der Waals surface area contributed by atoms with Crippen molar-refractivity contribution < 1.29 is 14.3 Å². The molecule has 1 saturated heterocycles. The van der Waals surface area contributed by atoms with Crippen molar-refractivity contribution in [2.45, 2.75) is 6.54 Å². The number of aromatic nitrogens is 2. The van der Waals surface area contributed by atoms with Crippen LogP contribution in [-0.4, -0.2) is 60.4 Å². The molecule has 0 N–H and O–H groups in total. The lowest BCUT2D eigenvalue weighted by atomic mass is 10.3. The van der Waals surface area contributed by atoms with E-state index >= 15 is 0 Å². The van der Waals surface area contributed by atoms with Gasteiger partial charge in [-0.15, -0.1) is 0 Å². The maximum atomic E-state index is 12.5. The first-order chi connectivity index (χ1) is 10.8. The van der Waals surface area contributed by atoms with Gasteiger partial charge in [0.25, 0.3) is 0 Å². The molecule has 0 aliphatic carbocycles. The molecule has 0 atom stereocenters. The summed E-state index contributed by atoms with van der Waals surface area (Å²) in [5.41, 5.74) is 0.902. The van der Waals surface area contributed by atoms with Crippen LogP contribution in [-0.2, 0) is 16.1 Å². The fourth-order valence-electron chi connectivity index (χ4n) is 2.85. The number of rotatable bonds is 5. The molecule has 118 valence electrons. The quantitative estimate of drug-likeness (QED) is 0.738. The maximum Gasteiger partial charge on any atom is 0.335 e. The Hall–Kier alpha value is -2.12. The van der Waals surface area contributed by atoms with Gasteiger partial charge in [0.1, 0.15) is 11.3 Å². The first-order valence-corrected chi connectivity index (χ1v) is 7.29. The first-order valence-electron chi connectivity index (χ1n) is 7.29. The van der Waals surface area contributed by atoms with Gasteiger partial charge in [0, 0.05) is 26.2 Å². The molecule has 2 heterocycles. The number of carbonyl (C=O) groups is 1. The van der Waals surface area contributed by atoms with E-state index in [-0.39, 0.29) is 5.69 Å². The number of nitrogens with zero attached hydrogens (tertiary/aromatic N) is 3. The van der Waals surface area contributed by atoms with Crippen LogP contribution in [0.3, 0.4) is 0 Å². The van der Waals surface area contributed by atoms with Gasteiger partial charge in [-0.05, 0) is 12.1 Å². The molecule has 1 aliphatic heterocycles. The lowest BCUT2D eigenvalue weighted by Gasteiger charge is -2.26. The summed E-state index contributed by atoms with van der Waals surface area (Å²) < 4.78 is 13.4. The number of hydrogen-bond acceptors (Lipinski definition) is 5. The fourth-order valence-corrected chi connectivity index (χ4v) is 2.85. The lowest BCUT2D eigenvalue weighted by molar-refractivity contribution is 0.0364. The first kappa shape index (κ1) is 14.8. The number of para-hydroxylation sites is 1. The Labute approximate surface area is 127 Å². The van der Waals surface area contributed by atoms with E-state index in [0.29, 0.717) is 43.0 Å². The number of benzene rings is 1. The molecular weight excluding hydrogens is 286 g/mol. The van der Waals surface area contributed by atoms with Gasteiger partial charge in [-0.25, -0.2) is 9.36 Å². The van der Waals surface area contributed by atoms with Gasteiger partial charge in [0.05, 0.1) is 25.8 Å². The number of morpholine rings is 1. The van der Waals surface area contributed by atoms with E-state index in [4.69, 9.17) is 9.47 Å². The molecule has 7 nitrogen and oxygen atoms in total. The Morgan fingerprint density at radius 3 is 2.73 bits per heavy atom. The monoisotopic (exact) mass is 305 g/mol. The minimum atomic E-state index is -0.331. The Morgan fingerprint density at radius 1 is 1.27 bits per heavy atom. The van der Waals surface area contributed by atoms with Crippen molar-refractivity contribution >= 4 is 17.4 Å². The van der Waals surface area contributed by atoms with Gasteiger partial charge in [-0.1, -0.05) is 6.07 Å². The average molecular weight is 305 g/mol. The maximum absolute atomic E-state index is 12.5. The van der Waals surface area contributed by atoms with E-state index in [2.05, 4.69) is 4.90 Å². The highest BCUT2D eigenvalue weighted by atomic mass is 16.5. The molecule has 0 spiro atoms. The predicted octanol–water partition coefficient (Wildman–Crippen LogP) is 0.182. The largest absolute Gasteiger partial charge is 0.494 e. The van der Waals surface area contributed by atoms with Crippen molar-refractivity contribution in [1.82, 2.24) is 14.0 Å². The van der Waals surface area contributed by atoms with E-state index < -0.39 is 0 Å². The third kappa shape index (κ3) is 2.53. The average Bonchev–Trinajstić information content (AvgIpc) is 2.84. The van der Waals surface area contributed by atoms with Crippen LogP contribution in [0, 0.1) is 0 Å². The van der Waals surface area contributed by atoms with Crippen LogP contribution in [0.25, 0.3) is 11.0 Å². The van der Waals surface area contributed by atoms with Gasteiger partial charge in [0.15, 0.2) is 0 Å². The standard InChI is InChI=1S/C15H19N3O4/c1-21-13-4-2-3-12-14(13)17(15(20)18(12)11-19)6-5-16-7-9-22-10-8-16/h2-4,11H,5-10H2,1H3.